The topological polar surface area (TPSA) is 44.8 Å². The van der Waals surface area contributed by atoms with Crippen LogP contribution in [-0.2, 0) is 4.79 Å². The van der Waals surface area contributed by atoms with Crippen LogP contribution in [0.15, 0.2) is 48.5 Å². The molecular formula is C20H24ClN3O2. The minimum atomic E-state index is -0.204. The normalized spacial score (nSPS) is 16.2. The minimum absolute atomic E-state index is 0.0315. The molecule has 6 heteroatoms. The van der Waals surface area contributed by atoms with E-state index in [9.17, 15) is 4.79 Å². The molecule has 1 amide bonds. The van der Waals surface area contributed by atoms with Crippen molar-refractivity contribution in [2.24, 2.45) is 0 Å². The second kappa shape index (κ2) is 8.43. The molecule has 0 aliphatic carbocycles. The van der Waals surface area contributed by atoms with Crippen molar-refractivity contribution in [3.05, 3.63) is 53.6 Å². The summed E-state index contributed by atoms with van der Waals surface area (Å²) in [7, 11) is 1.67. The maximum atomic E-state index is 12.5. The van der Waals surface area contributed by atoms with Crippen molar-refractivity contribution >= 4 is 28.9 Å². The highest BCUT2D eigenvalue weighted by molar-refractivity contribution is 6.33. The van der Waals surface area contributed by atoms with E-state index in [2.05, 4.69) is 27.2 Å². The van der Waals surface area contributed by atoms with Crippen LogP contribution in [0.5, 0.6) is 5.75 Å². The van der Waals surface area contributed by atoms with E-state index in [-0.39, 0.29) is 11.9 Å². The van der Waals surface area contributed by atoms with Crippen molar-refractivity contribution in [1.29, 1.82) is 0 Å². The number of ether oxygens (including phenoxy) is 1. The number of carbonyl (C=O) groups is 1. The molecule has 0 bridgehead atoms. The zero-order chi connectivity index (χ0) is 18.5. The lowest BCUT2D eigenvalue weighted by Crippen LogP contribution is -2.52. The van der Waals surface area contributed by atoms with Crippen LogP contribution in [0.3, 0.4) is 0 Å². The third-order valence-electron chi connectivity index (χ3n) is 4.81. The Balaban J connectivity index is 1.55. The van der Waals surface area contributed by atoms with Gasteiger partial charge in [0, 0.05) is 31.9 Å². The first-order valence-electron chi connectivity index (χ1n) is 8.77. The van der Waals surface area contributed by atoms with Crippen LogP contribution in [0.2, 0.25) is 5.02 Å². The van der Waals surface area contributed by atoms with Gasteiger partial charge in [0.15, 0.2) is 0 Å². The van der Waals surface area contributed by atoms with E-state index < -0.39 is 0 Å². The smallest absolute Gasteiger partial charge is 0.241 e. The fourth-order valence-corrected chi connectivity index (χ4v) is 3.31. The summed E-state index contributed by atoms with van der Waals surface area (Å²) >= 11 is 6.12. The number of para-hydroxylation sites is 1. The van der Waals surface area contributed by atoms with Gasteiger partial charge in [-0.25, -0.2) is 0 Å². The lowest BCUT2D eigenvalue weighted by atomic mass is 10.2. The van der Waals surface area contributed by atoms with Crippen LogP contribution in [-0.4, -0.2) is 50.1 Å². The van der Waals surface area contributed by atoms with E-state index in [1.807, 2.05) is 37.3 Å². The molecule has 1 saturated heterocycles. The van der Waals surface area contributed by atoms with Gasteiger partial charge in [-0.1, -0.05) is 23.7 Å². The van der Waals surface area contributed by atoms with Gasteiger partial charge in [0.25, 0.3) is 0 Å². The molecule has 138 valence electrons. The number of hydrogen-bond donors (Lipinski definition) is 1. The highest BCUT2D eigenvalue weighted by atomic mass is 35.5. The summed E-state index contributed by atoms with van der Waals surface area (Å²) in [4.78, 5) is 17.1. The number of anilines is 2. The van der Waals surface area contributed by atoms with Gasteiger partial charge in [0.05, 0.1) is 23.9 Å². The van der Waals surface area contributed by atoms with E-state index in [1.54, 1.807) is 13.2 Å². The molecule has 26 heavy (non-hydrogen) atoms. The standard InChI is InChI=1S/C20H24ClN3O2/c1-15(20(25)22-19-6-4-3-5-18(19)21)23-11-13-24(14-12-23)16-7-9-17(26-2)10-8-16/h3-10,15H,11-14H2,1-2H3,(H,22,25)/t15-/m0/s1. The summed E-state index contributed by atoms with van der Waals surface area (Å²) in [5.74, 6) is 0.827. The Kier molecular flexibility index (Phi) is 6.01. The van der Waals surface area contributed by atoms with Gasteiger partial charge in [-0.05, 0) is 43.3 Å². The average molecular weight is 374 g/mol. The first kappa shape index (κ1) is 18.5. The van der Waals surface area contributed by atoms with E-state index in [0.717, 1.165) is 31.9 Å². The van der Waals surface area contributed by atoms with Gasteiger partial charge in [0.1, 0.15) is 5.75 Å². The fourth-order valence-electron chi connectivity index (χ4n) is 3.13. The molecule has 0 aromatic heterocycles. The number of nitrogens with one attached hydrogen (secondary N) is 1. The van der Waals surface area contributed by atoms with Gasteiger partial charge in [-0.2, -0.15) is 0 Å². The molecule has 1 N–H and O–H groups in total. The number of amides is 1. The zero-order valence-electron chi connectivity index (χ0n) is 15.1. The molecule has 0 unspecified atom stereocenters. The number of hydrogen-bond acceptors (Lipinski definition) is 4. The Morgan fingerprint density at radius 1 is 1.08 bits per heavy atom. The molecule has 0 radical (unpaired) electrons. The highest BCUT2D eigenvalue weighted by Crippen LogP contribution is 2.23. The number of carbonyl (C=O) groups excluding carboxylic acids is 1. The lowest BCUT2D eigenvalue weighted by Gasteiger charge is -2.38. The summed E-state index contributed by atoms with van der Waals surface area (Å²) < 4.78 is 5.21. The van der Waals surface area contributed by atoms with Gasteiger partial charge >= 0.3 is 0 Å². The predicted octanol–water partition coefficient (Wildman–Crippen LogP) is 3.50. The van der Waals surface area contributed by atoms with Crippen LogP contribution in [0.1, 0.15) is 6.92 Å². The van der Waals surface area contributed by atoms with Gasteiger partial charge < -0.3 is 15.0 Å². The van der Waals surface area contributed by atoms with Crippen LogP contribution in [0, 0.1) is 0 Å². The predicted molar refractivity (Wildman–Crippen MR) is 106 cm³/mol. The number of methoxy groups -OCH3 is 1. The van der Waals surface area contributed by atoms with Crippen molar-refractivity contribution in [2.45, 2.75) is 13.0 Å². The lowest BCUT2D eigenvalue weighted by molar-refractivity contribution is -0.120. The molecule has 1 aliphatic heterocycles. The van der Waals surface area contributed by atoms with E-state index in [4.69, 9.17) is 16.3 Å². The molecular weight excluding hydrogens is 350 g/mol. The highest BCUT2D eigenvalue weighted by Gasteiger charge is 2.26. The zero-order valence-corrected chi connectivity index (χ0v) is 15.9. The molecule has 1 atom stereocenters. The first-order chi connectivity index (χ1) is 12.6. The minimum Gasteiger partial charge on any atom is -0.497 e. The van der Waals surface area contributed by atoms with Crippen LogP contribution >= 0.6 is 11.6 Å². The maximum Gasteiger partial charge on any atom is 0.241 e. The average Bonchev–Trinajstić information content (AvgIpc) is 2.69. The monoisotopic (exact) mass is 373 g/mol. The van der Waals surface area contributed by atoms with Crippen molar-refractivity contribution in [3.8, 4) is 5.75 Å². The molecule has 1 fully saturated rings. The van der Waals surface area contributed by atoms with Gasteiger partial charge in [-0.15, -0.1) is 0 Å². The first-order valence-corrected chi connectivity index (χ1v) is 9.14. The SMILES string of the molecule is COc1ccc(N2CCN([C@@H](C)C(=O)Nc3ccccc3Cl)CC2)cc1. The quantitative estimate of drug-likeness (QED) is 0.871. The fraction of sp³-hybridized carbons (Fsp3) is 0.350. The summed E-state index contributed by atoms with van der Waals surface area (Å²) in [5, 5.41) is 3.48. The Labute approximate surface area is 159 Å². The van der Waals surface area contributed by atoms with Crippen LogP contribution < -0.4 is 15.0 Å². The maximum absolute atomic E-state index is 12.5. The van der Waals surface area contributed by atoms with Crippen molar-refractivity contribution in [3.63, 3.8) is 0 Å². The third kappa shape index (κ3) is 4.29. The molecule has 0 saturated carbocycles. The molecule has 2 aromatic carbocycles. The summed E-state index contributed by atoms with van der Waals surface area (Å²) in [6.07, 6.45) is 0. The number of nitrogens with zero attached hydrogens (tertiary/aromatic N) is 2. The number of benzene rings is 2. The van der Waals surface area contributed by atoms with E-state index in [1.165, 1.54) is 5.69 Å². The summed E-state index contributed by atoms with van der Waals surface area (Å²) in [6.45, 7) is 5.38. The molecule has 2 aromatic rings. The largest absolute Gasteiger partial charge is 0.497 e. The molecule has 5 nitrogen and oxygen atoms in total. The number of piperazine rings is 1. The third-order valence-corrected chi connectivity index (χ3v) is 5.14. The second-order valence-corrected chi connectivity index (χ2v) is 6.77. The number of halogens is 1. The Morgan fingerprint density at radius 2 is 1.73 bits per heavy atom. The van der Waals surface area contributed by atoms with Crippen LogP contribution in [0.25, 0.3) is 0 Å². The van der Waals surface area contributed by atoms with Crippen molar-refractivity contribution in [1.82, 2.24) is 4.90 Å². The van der Waals surface area contributed by atoms with E-state index in [0.29, 0.717) is 10.7 Å². The molecule has 0 spiro atoms. The molecule has 3 rings (SSSR count). The van der Waals surface area contributed by atoms with Gasteiger partial charge in [0.2, 0.25) is 5.91 Å². The van der Waals surface area contributed by atoms with Crippen molar-refractivity contribution < 1.29 is 9.53 Å². The van der Waals surface area contributed by atoms with Crippen LogP contribution in [0.4, 0.5) is 11.4 Å². The molecule has 1 heterocycles. The van der Waals surface area contributed by atoms with Crippen molar-refractivity contribution in [2.75, 3.05) is 43.5 Å². The molecule has 1 aliphatic rings. The van der Waals surface area contributed by atoms with Gasteiger partial charge in [-0.3, -0.25) is 9.69 Å². The Morgan fingerprint density at radius 3 is 2.35 bits per heavy atom. The summed E-state index contributed by atoms with van der Waals surface area (Å²) in [6, 6.07) is 15.2. The second-order valence-electron chi connectivity index (χ2n) is 6.37. The summed E-state index contributed by atoms with van der Waals surface area (Å²) in [5.41, 5.74) is 1.83. The van der Waals surface area contributed by atoms with E-state index >= 15 is 0 Å². The Hall–Kier alpha value is -2.24. The Bertz CT molecular complexity index is 743. The number of rotatable bonds is 5.